The summed E-state index contributed by atoms with van der Waals surface area (Å²) in [6.45, 7) is 7.16. The Bertz CT molecular complexity index is 978. The van der Waals surface area contributed by atoms with Gasteiger partial charge in [0, 0.05) is 5.56 Å². The third-order valence-corrected chi connectivity index (χ3v) is 4.44. The standard InChI is InChI=1S/C23H28FN3O5/c1-13(2)20(25-22(29)16-8-6-7-9-17(16)24)23(30)27-26-21(28)15-10-11-18(32-14(3)4)19(12-15)31-5/h6-14,20H,1-5H3,(H,25,29)(H,26,28)(H,27,30)/t20-/m0/s1. The smallest absolute Gasteiger partial charge is 0.269 e. The predicted octanol–water partition coefficient (Wildman–Crippen LogP) is 2.84. The van der Waals surface area contributed by atoms with Crippen LogP contribution in [0, 0.1) is 11.7 Å². The Morgan fingerprint density at radius 2 is 1.59 bits per heavy atom. The van der Waals surface area contributed by atoms with Crippen molar-refractivity contribution < 1.29 is 28.2 Å². The predicted molar refractivity (Wildman–Crippen MR) is 117 cm³/mol. The Labute approximate surface area is 186 Å². The van der Waals surface area contributed by atoms with Gasteiger partial charge in [0.1, 0.15) is 11.9 Å². The largest absolute Gasteiger partial charge is 0.493 e. The molecule has 0 saturated carbocycles. The number of nitrogens with one attached hydrogen (secondary N) is 3. The SMILES string of the molecule is COc1cc(C(=O)NNC(=O)[C@@H](NC(=O)c2ccccc2F)C(C)C)ccc1OC(C)C. The molecule has 9 heteroatoms. The van der Waals surface area contributed by atoms with Crippen LogP contribution < -0.4 is 25.6 Å². The Morgan fingerprint density at radius 1 is 0.906 bits per heavy atom. The van der Waals surface area contributed by atoms with Crippen LogP contribution in [-0.4, -0.2) is 37.0 Å². The second-order valence-electron chi connectivity index (χ2n) is 7.65. The molecule has 3 N–H and O–H groups in total. The van der Waals surface area contributed by atoms with E-state index in [0.29, 0.717) is 11.5 Å². The summed E-state index contributed by atoms with van der Waals surface area (Å²) < 4.78 is 24.7. The van der Waals surface area contributed by atoms with E-state index in [4.69, 9.17) is 9.47 Å². The first-order chi connectivity index (χ1) is 15.1. The van der Waals surface area contributed by atoms with Crippen molar-refractivity contribution in [3.05, 3.63) is 59.4 Å². The number of amides is 3. The topological polar surface area (TPSA) is 106 Å². The van der Waals surface area contributed by atoms with Crippen molar-refractivity contribution in [2.75, 3.05) is 7.11 Å². The van der Waals surface area contributed by atoms with E-state index in [1.165, 1.54) is 37.4 Å². The van der Waals surface area contributed by atoms with Crippen LogP contribution in [0.5, 0.6) is 11.5 Å². The van der Waals surface area contributed by atoms with E-state index in [0.717, 1.165) is 6.07 Å². The number of hydrogen-bond acceptors (Lipinski definition) is 5. The first kappa shape index (κ1) is 24.6. The molecule has 0 aliphatic heterocycles. The van der Waals surface area contributed by atoms with Crippen LogP contribution in [0.15, 0.2) is 42.5 Å². The average Bonchev–Trinajstić information content (AvgIpc) is 2.75. The lowest BCUT2D eigenvalue weighted by atomic mass is 10.0. The molecule has 3 amide bonds. The Hall–Kier alpha value is -3.62. The zero-order chi connectivity index (χ0) is 23.8. The number of benzene rings is 2. The summed E-state index contributed by atoms with van der Waals surface area (Å²) in [6, 6.07) is 9.08. The summed E-state index contributed by atoms with van der Waals surface area (Å²) in [5.74, 6) is -2.13. The van der Waals surface area contributed by atoms with Crippen LogP contribution in [0.4, 0.5) is 4.39 Å². The Morgan fingerprint density at radius 3 is 2.19 bits per heavy atom. The van der Waals surface area contributed by atoms with Crippen molar-refractivity contribution in [1.29, 1.82) is 0 Å². The van der Waals surface area contributed by atoms with Gasteiger partial charge < -0.3 is 14.8 Å². The summed E-state index contributed by atoms with van der Waals surface area (Å²) in [7, 11) is 1.46. The van der Waals surface area contributed by atoms with Crippen LogP contribution in [0.25, 0.3) is 0 Å². The number of hydrogen-bond donors (Lipinski definition) is 3. The molecule has 2 aromatic carbocycles. The van der Waals surface area contributed by atoms with E-state index in [1.54, 1.807) is 19.9 Å². The van der Waals surface area contributed by atoms with Crippen LogP contribution in [0.2, 0.25) is 0 Å². The lowest BCUT2D eigenvalue weighted by molar-refractivity contribution is -0.124. The van der Waals surface area contributed by atoms with Crippen molar-refractivity contribution in [3.63, 3.8) is 0 Å². The summed E-state index contributed by atoms with van der Waals surface area (Å²) in [5, 5.41) is 2.50. The van der Waals surface area contributed by atoms with Crippen LogP contribution in [-0.2, 0) is 4.79 Å². The number of halogens is 1. The van der Waals surface area contributed by atoms with E-state index < -0.39 is 29.6 Å². The highest BCUT2D eigenvalue weighted by atomic mass is 19.1. The zero-order valence-corrected chi connectivity index (χ0v) is 18.7. The lowest BCUT2D eigenvalue weighted by Crippen LogP contribution is -2.54. The molecule has 0 aliphatic rings. The van der Waals surface area contributed by atoms with E-state index in [9.17, 15) is 18.8 Å². The number of rotatable bonds is 8. The summed E-state index contributed by atoms with van der Waals surface area (Å²) in [4.78, 5) is 37.4. The van der Waals surface area contributed by atoms with Crippen molar-refractivity contribution in [2.45, 2.75) is 39.8 Å². The van der Waals surface area contributed by atoms with E-state index >= 15 is 0 Å². The molecule has 0 aromatic heterocycles. The second kappa shape index (κ2) is 11.1. The van der Waals surface area contributed by atoms with E-state index in [2.05, 4.69) is 16.2 Å². The lowest BCUT2D eigenvalue weighted by Gasteiger charge is -2.22. The fourth-order valence-electron chi connectivity index (χ4n) is 2.83. The highest BCUT2D eigenvalue weighted by molar-refractivity contribution is 5.99. The molecule has 0 bridgehead atoms. The molecular formula is C23H28FN3O5. The number of ether oxygens (including phenoxy) is 2. The van der Waals surface area contributed by atoms with Gasteiger partial charge in [0.15, 0.2) is 11.5 Å². The molecule has 0 aliphatic carbocycles. The van der Waals surface area contributed by atoms with Gasteiger partial charge in [-0.05, 0) is 50.1 Å². The number of methoxy groups -OCH3 is 1. The van der Waals surface area contributed by atoms with Gasteiger partial charge in [-0.2, -0.15) is 0 Å². The molecule has 1 atom stereocenters. The third-order valence-electron chi connectivity index (χ3n) is 4.44. The zero-order valence-electron chi connectivity index (χ0n) is 18.7. The van der Waals surface area contributed by atoms with Gasteiger partial charge >= 0.3 is 0 Å². The minimum Gasteiger partial charge on any atom is -0.493 e. The van der Waals surface area contributed by atoms with Crippen molar-refractivity contribution in [3.8, 4) is 11.5 Å². The van der Waals surface area contributed by atoms with Gasteiger partial charge in [-0.25, -0.2) is 4.39 Å². The molecule has 0 radical (unpaired) electrons. The molecule has 0 spiro atoms. The summed E-state index contributed by atoms with van der Waals surface area (Å²) in [5.41, 5.74) is 4.66. The van der Waals surface area contributed by atoms with Crippen LogP contribution in [0.3, 0.4) is 0 Å². The highest BCUT2D eigenvalue weighted by Gasteiger charge is 2.26. The minimum atomic E-state index is -1.00. The second-order valence-corrected chi connectivity index (χ2v) is 7.65. The monoisotopic (exact) mass is 445 g/mol. The normalized spacial score (nSPS) is 11.6. The molecule has 32 heavy (non-hydrogen) atoms. The van der Waals surface area contributed by atoms with Crippen LogP contribution in [0.1, 0.15) is 48.4 Å². The van der Waals surface area contributed by atoms with Gasteiger partial charge in [0.25, 0.3) is 17.7 Å². The minimum absolute atomic E-state index is 0.0737. The summed E-state index contributed by atoms with van der Waals surface area (Å²) >= 11 is 0. The summed E-state index contributed by atoms with van der Waals surface area (Å²) in [6.07, 6.45) is -0.0737. The molecular weight excluding hydrogens is 417 g/mol. The maximum absolute atomic E-state index is 13.9. The molecule has 0 unspecified atom stereocenters. The fraction of sp³-hybridized carbons (Fsp3) is 0.348. The highest BCUT2D eigenvalue weighted by Crippen LogP contribution is 2.28. The molecule has 0 saturated heterocycles. The number of carbonyl (C=O) groups excluding carboxylic acids is 3. The van der Waals surface area contributed by atoms with Gasteiger partial charge in [-0.3, -0.25) is 25.2 Å². The molecule has 0 fully saturated rings. The molecule has 2 aromatic rings. The first-order valence-corrected chi connectivity index (χ1v) is 10.1. The number of carbonyl (C=O) groups is 3. The molecule has 8 nitrogen and oxygen atoms in total. The quantitative estimate of drug-likeness (QED) is 0.542. The van der Waals surface area contributed by atoms with Crippen molar-refractivity contribution >= 4 is 17.7 Å². The third kappa shape index (κ3) is 6.44. The molecule has 172 valence electrons. The fourth-order valence-corrected chi connectivity index (χ4v) is 2.83. The van der Waals surface area contributed by atoms with Crippen molar-refractivity contribution in [2.24, 2.45) is 5.92 Å². The van der Waals surface area contributed by atoms with E-state index in [1.807, 2.05) is 13.8 Å². The van der Waals surface area contributed by atoms with Crippen molar-refractivity contribution in [1.82, 2.24) is 16.2 Å². The maximum atomic E-state index is 13.9. The first-order valence-electron chi connectivity index (χ1n) is 10.1. The maximum Gasteiger partial charge on any atom is 0.269 e. The van der Waals surface area contributed by atoms with Gasteiger partial charge in [0.05, 0.1) is 18.8 Å². The Balaban J connectivity index is 2.04. The van der Waals surface area contributed by atoms with Gasteiger partial charge in [-0.1, -0.05) is 26.0 Å². The van der Waals surface area contributed by atoms with Gasteiger partial charge in [-0.15, -0.1) is 0 Å². The van der Waals surface area contributed by atoms with E-state index in [-0.39, 0.29) is 23.1 Å². The Kier molecular flexibility index (Phi) is 8.57. The number of hydrazine groups is 1. The molecule has 2 rings (SSSR count). The average molecular weight is 445 g/mol. The van der Waals surface area contributed by atoms with Gasteiger partial charge in [0.2, 0.25) is 0 Å². The molecule has 0 heterocycles. The van der Waals surface area contributed by atoms with Crippen LogP contribution >= 0.6 is 0 Å².